The third kappa shape index (κ3) is 4.03. The number of amides is 1. The third-order valence-corrected chi connectivity index (χ3v) is 5.94. The summed E-state index contributed by atoms with van der Waals surface area (Å²) in [7, 11) is 0. The number of primary amides is 1. The van der Waals surface area contributed by atoms with Crippen molar-refractivity contribution in [2.24, 2.45) is 5.73 Å². The monoisotopic (exact) mass is 409 g/mol. The zero-order chi connectivity index (χ0) is 20.4. The number of nitrogens with zero attached hydrogens (tertiary/aromatic N) is 4. The lowest BCUT2D eigenvalue weighted by molar-refractivity contribution is -0.120. The van der Waals surface area contributed by atoms with Gasteiger partial charge in [0.2, 0.25) is 5.91 Å². The number of nitrogens with two attached hydrogens (primary N) is 1. The van der Waals surface area contributed by atoms with E-state index in [1.807, 2.05) is 35.3 Å². The normalized spacial score (nSPS) is 14.7. The highest BCUT2D eigenvalue weighted by Crippen LogP contribution is 2.49. The highest BCUT2D eigenvalue weighted by Gasteiger charge is 2.50. The Bertz CT molecular complexity index is 1040. The summed E-state index contributed by atoms with van der Waals surface area (Å²) in [4.78, 5) is 21.0. The number of aryl methyl sites for hydroxylation is 3. The fraction of sp³-hybridized carbons (Fsp3) is 0.364. The number of halogens is 1. The minimum atomic E-state index is -0.489. The molecule has 29 heavy (non-hydrogen) atoms. The zero-order valence-corrected chi connectivity index (χ0v) is 17.2. The second-order valence-corrected chi connectivity index (χ2v) is 7.97. The van der Waals surface area contributed by atoms with E-state index in [0.717, 1.165) is 54.0 Å². The summed E-state index contributed by atoms with van der Waals surface area (Å²) in [6, 6.07) is 8.04. The van der Waals surface area contributed by atoms with Crippen LogP contribution in [-0.4, -0.2) is 25.7 Å². The van der Waals surface area contributed by atoms with E-state index in [1.165, 1.54) is 0 Å². The van der Waals surface area contributed by atoms with Crippen LogP contribution < -0.4 is 5.73 Å². The molecule has 1 aromatic carbocycles. The van der Waals surface area contributed by atoms with E-state index in [4.69, 9.17) is 17.3 Å². The molecular formula is C22H24ClN5O. The smallest absolute Gasteiger partial charge is 0.228 e. The van der Waals surface area contributed by atoms with Gasteiger partial charge in [-0.15, -0.1) is 0 Å². The molecule has 0 unspecified atom stereocenters. The Labute approximate surface area is 175 Å². The molecule has 1 saturated carbocycles. The third-order valence-electron chi connectivity index (χ3n) is 5.63. The van der Waals surface area contributed by atoms with Crippen molar-refractivity contribution in [1.82, 2.24) is 19.7 Å². The molecule has 0 aliphatic heterocycles. The van der Waals surface area contributed by atoms with Crippen molar-refractivity contribution in [2.45, 2.75) is 51.0 Å². The summed E-state index contributed by atoms with van der Waals surface area (Å²) in [5.41, 5.74) is 9.26. The van der Waals surface area contributed by atoms with Crippen LogP contribution in [0.5, 0.6) is 0 Å². The summed E-state index contributed by atoms with van der Waals surface area (Å²) >= 11 is 6.37. The SMILES string of the molecule is CCn1cc(Cc2ncc(Cl)c(CCc3ccccc3C3(C(N)=O)CC3)n2)cn1. The maximum Gasteiger partial charge on any atom is 0.228 e. The maximum atomic E-state index is 12.0. The van der Waals surface area contributed by atoms with Crippen LogP contribution in [-0.2, 0) is 36.0 Å². The van der Waals surface area contributed by atoms with Crippen molar-refractivity contribution in [3.63, 3.8) is 0 Å². The molecule has 2 N–H and O–H groups in total. The first-order valence-corrected chi connectivity index (χ1v) is 10.3. The van der Waals surface area contributed by atoms with Crippen molar-refractivity contribution in [2.75, 3.05) is 0 Å². The second kappa shape index (κ2) is 7.95. The number of benzene rings is 1. The quantitative estimate of drug-likeness (QED) is 0.618. The largest absolute Gasteiger partial charge is 0.369 e. The summed E-state index contributed by atoms with van der Waals surface area (Å²) in [5, 5.41) is 4.86. The van der Waals surface area contributed by atoms with Gasteiger partial charge < -0.3 is 5.73 Å². The van der Waals surface area contributed by atoms with Gasteiger partial charge in [-0.1, -0.05) is 35.9 Å². The molecule has 1 aliphatic carbocycles. The van der Waals surface area contributed by atoms with Gasteiger partial charge in [-0.25, -0.2) is 9.97 Å². The van der Waals surface area contributed by atoms with Crippen molar-refractivity contribution in [1.29, 1.82) is 0 Å². The first kappa shape index (κ1) is 19.6. The van der Waals surface area contributed by atoms with E-state index in [0.29, 0.717) is 17.9 Å². The van der Waals surface area contributed by atoms with Crippen molar-refractivity contribution in [3.8, 4) is 0 Å². The molecule has 150 valence electrons. The zero-order valence-electron chi connectivity index (χ0n) is 16.4. The van der Waals surface area contributed by atoms with Crippen LogP contribution >= 0.6 is 11.6 Å². The number of hydrogen-bond acceptors (Lipinski definition) is 4. The maximum absolute atomic E-state index is 12.0. The molecular weight excluding hydrogens is 386 g/mol. The molecule has 1 aliphatic rings. The number of carbonyl (C=O) groups is 1. The van der Waals surface area contributed by atoms with E-state index in [2.05, 4.69) is 28.1 Å². The molecule has 2 heterocycles. The molecule has 6 nitrogen and oxygen atoms in total. The fourth-order valence-electron chi connectivity index (χ4n) is 3.79. The lowest BCUT2D eigenvalue weighted by atomic mass is 9.88. The summed E-state index contributed by atoms with van der Waals surface area (Å²) in [6.07, 6.45) is 9.20. The molecule has 0 radical (unpaired) electrons. The van der Waals surface area contributed by atoms with E-state index < -0.39 is 5.41 Å². The number of aromatic nitrogens is 4. The van der Waals surface area contributed by atoms with Crippen LogP contribution in [0.1, 0.15) is 48.0 Å². The average Bonchev–Trinajstić information content (AvgIpc) is 3.42. The van der Waals surface area contributed by atoms with Gasteiger partial charge in [0, 0.05) is 25.4 Å². The van der Waals surface area contributed by atoms with Crippen LogP contribution in [0.15, 0.2) is 42.9 Å². The van der Waals surface area contributed by atoms with Gasteiger partial charge >= 0.3 is 0 Å². The first-order chi connectivity index (χ1) is 14.0. The van der Waals surface area contributed by atoms with Crippen LogP contribution in [0.3, 0.4) is 0 Å². The van der Waals surface area contributed by atoms with E-state index in [9.17, 15) is 4.79 Å². The summed E-state index contributed by atoms with van der Waals surface area (Å²) in [5.74, 6) is 0.490. The van der Waals surface area contributed by atoms with Gasteiger partial charge in [0.25, 0.3) is 0 Å². The van der Waals surface area contributed by atoms with E-state index in [-0.39, 0.29) is 5.91 Å². The van der Waals surface area contributed by atoms with Gasteiger partial charge in [0.05, 0.1) is 22.3 Å². The van der Waals surface area contributed by atoms with Crippen LogP contribution in [0, 0.1) is 0 Å². The predicted molar refractivity (Wildman–Crippen MR) is 112 cm³/mol. The molecule has 0 saturated heterocycles. The summed E-state index contributed by atoms with van der Waals surface area (Å²) < 4.78 is 1.88. The lowest BCUT2D eigenvalue weighted by Crippen LogP contribution is -2.29. The Morgan fingerprint density at radius 3 is 2.72 bits per heavy atom. The van der Waals surface area contributed by atoms with Crippen molar-refractivity contribution in [3.05, 3.63) is 76.1 Å². The topological polar surface area (TPSA) is 86.7 Å². The van der Waals surface area contributed by atoms with Gasteiger partial charge in [0.15, 0.2) is 0 Å². The molecule has 2 aromatic heterocycles. The second-order valence-electron chi connectivity index (χ2n) is 7.57. The highest BCUT2D eigenvalue weighted by molar-refractivity contribution is 6.31. The Morgan fingerprint density at radius 1 is 1.24 bits per heavy atom. The van der Waals surface area contributed by atoms with Crippen molar-refractivity contribution >= 4 is 17.5 Å². The van der Waals surface area contributed by atoms with Gasteiger partial charge in [-0.2, -0.15) is 5.10 Å². The molecule has 7 heteroatoms. The standard InChI is InChI=1S/C22H24ClN5O/c1-2-28-14-15(12-26-28)11-20-25-13-18(23)19(27-20)8-7-16-5-3-4-6-17(16)22(9-10-22)21(24)29/h3-6,12-14H,2,7-11H2,1H3,(H2,24,29). The average molecular weight is 410 g/mol. The van der Waals surface area contributed by atoms with Crippen molar-refractivity contribution < 1.29 is 4.79 Å². The molecule has 0 bridgehead atoms. The van der Waals surface area contributed by atoms with Gasteiger partial charge in [-0.05, 0) is 49.3 Å². The lowest BCUT2D eigenvalue weighted by Gasteiger charge is -2.16. The molecule has 3 aromatic rings. The predicted octanol–water partition coefficient (Wildman–Crippen LogP) is 3.24. The molecule has 1 amide bonds. The minimum Gasteiger partial charge on any atom is -0.369 e. The highest BCUT2D eigenvalue weighted by atomic mass is 35.5. The van der Waals surface area contributed by atoms with Gasteiger partial charge in [-0.3, -0.25) is 9.48 Å². The minimum absolute atomic E-state index is 0.236. The molecule has 0 atom stereocenters. The Morgan fingerprint density at radius 2 is 2.03 bits per heavy atom. The fourth-order valence-corrected chi connectivity index (χ4v) is 3.97. The summed E-state index contributed by atoms with van der Waals surface area (Å²) in [6.45, 7) is 2.88. The number of carbonyl (C=O) groups excluding carboxylic acids is 1. The van der Waals surface area contributed by atoms with Crippen LogP contribution in [0.4, 0.5) is 0 Å². The van der Waals surface area contributed by atoms with Crippen LogP contribution in [0.2, 0.25) is 5.02 Å². The molecule has 1 fully saturated rings. The molecule has 4 rings (SSSR count). The Balaban J connectivity index is 1.51. The van der Waals surface area contributed by atoms with Crippen LogP contribution in [0.25, 0.3) is 0 Å². The van der Waals surface area contributed by atoms with E-state index >= 15 is 0 Å². The van der Waals surface area contributed by atoms with Gasteiger partial charge in [0.1, 0.15) is 5.82 Å². The molecule has 0 spiro atoms. The first-order valence-electron chi connectivity index (χ1n) is 9.92. The Kier molecular flexibility index (Phi) is 5.37. The number of rotatable bonds is 8. The Hall–Kier alpha value is -2.73. The van der Waals surface area contributed by atoms with E-state index in [1.54, 1.807) is 6.20 Å². The number of hydrogen-bond donors (Lipinski definition) is 1.